The number of carbonyl (C=O) groups is 1. The smallest absolute Gasteiger partial charge is 0.236 e. The largest absolute Gasteiger partial charge is 0.349 e. The van der Waals surface area contributed by atoms with Crippen LogP contribution in [0, 0.1) is 5.82 Å². The highest BCUT2D eigenvalue weighted by molar-refractivity contribution is 6.31. The summed E-state index contributed by atoms with van der Waals surface area (Å²) in [7, 11) is 1.68. The van der Waals surface area contributed by atoms with E-state index in [1.807, 2.05) is 6.07 Å². The van der Waals surface area contributed by atoms with Gasteiger partial charge >= 0.3 is 0 Å². The number of likely N-dealkylation sites (N-methyl/N-ethyl adjacent to an activating group) is 1. The Kier molecular flexibility index (Phi) is 4.92. The Morgan fingerprint density at radius 3 is 2.88 bits per heavy atom. The molecule has 1 aromatic heterocycles. The summed E-state index contributed by atoms with van der Waals surface area (Å²) in [6.07, 6.45) is 2.07. The number of hydrogen-bond donors (Lipinski definition) is 0. The maximum absolute atomic E-state index is 13.9. The lowest BCUT2D eigenvalue weighted by Gasteiger charge is -2.35. The number of aromatic nitrogens is 1. The zero-order valence-electron chi connectivity index (χ0n) is 13.9. The number of carbonyl (C=O) groups excluding carboxylic acids is 1. The summed E-state index contributed by atoms with van der Waals surface area (Å²) in [5, 5.41) is 0.346. The van der Waals surface area contributed by atoms with Crippen LogP contribution < -0.4 is 0 Å². The summed E-state index contributed by atoms with van der Waals surface area (Å²) >= 11 is 6.05. The Morgan fingerprint density at radius 1 is 1.33 bits per heavy atom. The van der Waals surface area contributed by atoms with Gasteiger partial charge in [-0.15, -0.1) is 0 Å². The second kappa shape index (κ2) is 6.95. The van der Waals surface area contributed by atoms with Crippen molar-refractivity contribution in [2.75, 3.05) is 20.1 Å². The minimum atomic E-state index is -0.383. The lowest BCUT2D eigenvalue weighted by atomic mass is 10.1. The predicted molar refractivity (Wildman–Crippen MR) is 92.3 cm³/mol. The minimum Gasteiger partial charge on any atom is -0.349 e. The Labute approximate surface area is 146 Å². The van der Waals surface area contributed by atoms with Gasteiger partial charge in [-0.3, -0.25) is 9.69 Å². The van der Waals surface area contributed by atoms with Crippen molar-refractivity contribution < 1.29 is 9.18 Å². The van der Waals surface area contributed by atoms with Crippen molar-refractivity contribution in [3.05, 3.63) is 58.6 Å². The predicted octanol–water partition coefficient (Wildman–Crippen LogP) is 3.32. The van der Waals surface area contributed by atoms with Gasteiger partial charge in [-0.2, -0.15) is 0 Å². The van der Waals surface area contributed by atoms with Gasteiger partial charge in [0.25, 0.3) is 0 Å². The molecule has 0 saturated carbocycles. The van der Waals surface area contributed by atoms with Crippen molar-refractivity contribution in [3.63, 3.8) is 0 Å². The van der Waals surface area contributed by atoms with E-state index in [0.717, 1.165) is 13.1 Å². The van der Waals surface area contributed by atoms with Crippen LogP contribution in [-0.2, 0) is 17.9 Å². The Bertz CT molecular complexity index is 725. The van der Waals surface area contributed by atoms with Crippen LogP contribution in [0.3, 0.4) is 0 Å². The molecule has 24 heavy (non-hydrogen) atoms. The number of benzene rings is 1. The van der Waals surface area contributed by atoms with Gasteiger partial charge in [0.05, 0.1) is 6.54 Å². The van der Waals surface area contributed by atoms with E-state index in [1.54, 1.807) is 19.2 Å². The molecule has 1 atom stereocenters. The first-order chi connectivity index (χ1) is 11.5. The molecule has 0 radical (unpaired) electrons. The molecule has 0 aliphatic carbocycles. The number of halogens is 2. The van der Waals surface area contributed by atoms with Crippen LogP contribution in [0.15, 0.2) is 36.5 Å². The van der Waals surface area contributed by atoms with E-state index in [0.29, 0.717) is 17.1 Å². The van der Waals surface area contributed by atoms with Crippen molar-refractivity contribution in [3.8, 4) is 0 Å². The normalized spacial score (nSPS) is 17.6. The summed E-state index contributed by atoms with van der Waals surface area (Å²) in [6, 6.07) is 8.86. The Morgan fingerprint density at radius 2 is 2.12 bits per heavy atom. The Hall–Kier alpha value is -1.85. The molecule has 1 aliphatic rings. The molecular weight excluding hydrogens is 329 g/mol. The van der Waals surface area contributed by atoms with Gasteiger partial charge in [-0.1, -0.05) is 17.7 Å². The van der Waals surface area contributed by atoms with Crippen LogP contribution in [-0.4, -0.2) is 40.4 Å². The first kappa shape index (κ1) is 17.0. The van der Waals surface area contributed by atoms with Crippen molar-refractivity contribution >= 4 is 17.5 Å². The molecule has 3 rings (SSSR count). The highest BCUT2D eigenvalue weighted by Gasteiger charge is 2.26. The first-order valence-corrected chi connectivity index (χ1v) is 8.41. The summed E-state index contributed by atoms with van der Waals surface area (Å²) in [4.78, 5) is 16.2. The lowest BCUT2D eigenvalue weighted by molar-refractivity contribution is -0.132. The molecule has 1 unspecified atom stereocenters. The fraction of sp³-hybridized carbons (Fsp3) is 0.389. The van der Waals surface area contributed by atoms with E-state index in [2.05, 4.69) is 28.7 Å². The van der Waals surface area contributed by atoms with E-state index in [1.165, 1.54) is 16.7 Å². The highest BCUT2D eigenvalue weighted by atomic mass is 35.5. The summed E-state index contributed by atoms with van der Waals surface area (Å²) < 4.78 is 16.1. The van der Waals surface area contributed by atoms with Crippen LogP contribution in [0.1, 0.15) is 24.2 Å². The topological polar surface area (TPSA) is 28.5 Å². The van der Waals surface area contributed by atoms with Crippen LogP contribution in [0.4, 0.5) is 4.39 Å². The SMILES string of the molecule is CC1c2cccn2CCN1CC(=O)N(C)Cc1c(F)cccc1Cl. The number of rotatable bonds is 4. The van der Waals surface area contributed by atoms with Crippen LogP contribution >= 0.6 is 11.6 Å². The molecule has 0 spiro atoms. The molecule has 0 N–H and O–H groups in total. The number of hydrogen-bond acceptors (Lipinski definition) is 2. The third kappa shape index (κ3) is 3.32. The molecule has 1 aliphatic heterocycles. The zero-order chi connectivity index (χ0) is 17.3. The van der Waals surface area contributed by atoms with E-state index in [-0.39, 0.29) is 24.3 Å². The van der Waals surface area contributed by atoms with Gasteiger partial charge in [-0.25, -0.2) is 4.39 Å². The maximum atomic E-state index is 13.9. The second-order valence-electron chi connectivity index (χ2n) is 6.22. The molecule has 4 nitrogen and oxygen atoms in total. The van der Waals surface area contributed by atoms with Crippen molar-refractivity contribution in [2.24, 2.45) is 0 Å². The van der Waals surface area contributed by atoms with Gasteiger partial charge in [0.2, 0.25) is 5.91 Å². The molecule has 2 aromatic rings. The van der Waals surface area contributed by atoms with Crippen molar-refractivity contribution in [1.82, 2.24) is 14.4 Å². The summed E-state index contributed by atoms with van der Waals surface area (Å²) in [5.41, 5.74) is 1.57. The molecule has 128 valence electrons. The standard InChI is InChI=1S/C18H21ClFN3O/c1-13-17-7-4-8-22(17)9-10-23(13)12-18(24)21(2)11-14-15(19)5-3-6-16(14)20/h3-8,13H,9-12H2,1-2H3. The molecule has 1 aromatic carbocycles. The molecule has 0 saturated heterocycles. The van der Waals surface area contributed by atoms with Gasteiger partial charge in [-0.05, 0) is 31.2 Å². The van der Waals surface area contributed by atoms with Gasteiger partial charge < -0.3 is 9.47 Å². The van der Waals surface area contributed by atoms with Crippen molar-refractivity contribution in [1.29, 1.82) is 0 Å². The van der Waals surface area contributed by atoms with Crippen LogP contribution in [0.2, 0.25) is 5.02 Å². The molecule has 0 bridgehead atoms. The lowest BCUT2D eigenvalue weighted by Crippen LogP contribution is -2.43. The Balaban J connectivity index is 1.65. The number of amides is 1. The minimum absolute atomic E-state index is 0.0406. The molecule has 1 amide bonds. The second-order valence-corrected chi connectivity index (χ2v) is 6.63. The van der Waals surface area contributed by atoms with Gasteiger partial charge in [0, 0.05) is 55.2 Å². The molecule has 0 fully saturated rings. The first-order valence-electron chi connectivity index (χ1n) is 8.03. The fourth-order valence-electron chi connectivity index (χ4n) is 3.15. The average molecular weight is 350 g/mol. The quantitative estimate of drug-likeness (QED) is 0.847. The van der Waals surface area contributed by atoms with Crippen LogP contribution in [0.5, 0.6) is 0 Å². The van der Waals surface area contributed by atoms with E-state index in [9.17, 15) is 9.18 Å². The summed E-state index contributed by atoms with van der Waals surface area (Å²) in [6.45, 7) is 4.29. The van der Waals surface area contributed by atoms with Gasteiger partial charge in [0.1, 0.15) is 5.82 Å². The number of nitrogens with zero attached hydrogens (tertiary/aromatic N) is 3. The summed E-state index contributed by atoms with van der Waals surface area (Å²) in [5.74, 6) is -0.424. The molecule has 2 heterocycles. The van der Waals surface area contributed by atoms with E-state index in [4.69, 9.17) is 11.6 Å². The van der Waals surface area contributed by atoms with Gasteiger partial charge in [0.15, 0.2) is 0 Å². The third-order valence-corrected chi connectivity index (χ3v) is 5.04. The average Bonchev–Trinajstić information content (AvgIpc) is 3.03. The fourth-order valence-corrected chi connectivity index (χ4v) is 3.37. The molecular formula is C18H21ClFN3O. The third-order valence-electron chi connectivity index (χ3n) is 4.69. The highest BCUT2D eigenvalue weighted by Crippen LogP contribution is 2.25. The number of fused-ring (bicyclic) bond motifs is 1. The zero-order valence-corrected chi connectivity index (χ0v) is 14.6. The van der Waals surface area contributed by atoms with E-state index >= 15 is 0 Å². The maximum Gasteiger partial charge on any atom is 0.236 e. The monoisotopic (exact) mass is 349 g/mol. The van der Waals surface area contributed by atoms with E-state index < -0.39 is 0 Å². The van der Waals surface area contributed by atoms with Crippen LogP contribution in [0.25, 0.3) is 0 Å². The molecule has 6 heteroatoms. The van der Waals surface area contributed by atoms with Crippen molar-refractivity contribution in [2.45, 2.75) is 26.1 Å².